The Labute approximate surface area is 169 Å². The minimum atomic E-state index is -0.302. The van der Waals surface area contributed by atoms with Crippen molar-refractivity contribution < 1.29 is 14.6 Å². The van der Waals surface area contributed by atoms with E-state index in [1.165, 1.54) is 0 Å². The van der Waals surface area contributed by atoms with E-state index in [1.807, 2.05) is 12.1 Å². The average molecular weight is 635 g/mol. The first-order valence-electron chi connectivity index (χ1n) is 6.29. The van der Waals surface area contributed by atoms with Crippen molar-refractivity contribution in [3.63, 3.8) is 0 Å². The molecule has 0 heterocycles. The molecule has 2 rings (SSSR count). The first-order valence-corrected chi connectivity index (χ1v) is 9.53. The SMILES string of the molecule is NC(=O)CCc1cc(I)c(Oc2ccc(O)c(I)c2)c(I)c1. The average Bonchev–Trinajstić information content (AvgIpc) is 2.44. The third kappa shape index (κ3) is 4.85. The minimum absolute atomic E-state index is 0.235. The molecule has 0 aromatic heterocycles. The van der Waals surface area contributed by atoms with Gasteiger partial charge in [0.2, 0.25) is 5.91 Å². The molecular weight excluding hydrogens is 623 g/mol. The van der Waals surface area contributed by atoms with Crippen molar-refractivity contribution in [1.82, 2.24) is 0 Å². The highest BCUT2D eigenvalue weighted by Crippen LogP contribution is 2.34. The third-order valence-corrected chi connectivity index (χ3v) is 5.32. The number of ether oxygens (including phenoxy) is 1. The van der Waals surface area contributed by atoms with Crippen molar-refractivity contribution in [2.75, 3.05) is 0 Å². The summed E-state index contributed by atoms with van der Waals surface area (Å²) in [7, 11) is 0. The number of primary amides is 1. The minimum Gasteiger partial charge on any atom is -0.507 e. The summed E-state index contributed by atoms with van der Waals surface area (Å²) in [5.41, 5.74) is 6.24. The summed E-state index contributed by atoms with van der Waals surface area (Å²) in [5, 5.41) is 9.56. The molecule has 4 nitrogen and oxygen atoms in total. The van der Waals surface area contributed by atoms with Crippen molar-refractivity contribution in [2.24, 2.45) is 5.73 Å². The quantitative estimate of drug-likeness (QED) is 0.479. The van der Waals surface area contributed by atoms with E-state index in [0.717, 1.165) is 22.0 Å². The van der Waals surface area contributed by atoms with Gasteiger partial charge in [0.25, 0.3) is 0 Å². The van der Waals surface area contributed by atoms with Crippen LogP contribution in [0.2, 0.25) is 0 Å². The Balaban J connectivity index is 2.24. The molecule has 0 bridgehead atoms. The lowest BCUT2D eigenvalue weighted by atomic mass is 10.1. The van der Waals surface area contributed by atoms with Crippen LogP contribution in [0.4, 0.5) is 0 Å². The van der Waals surface area contributed by atoms with Crippen LogP contribution in [0.15, 0.2) is 30.3 Å². The Hall–Kier alpha value is -0.300. The number of aryl methyl sites for hydroxylation is 1. The number of carbonyl (C=O) groups excluding carboxylic acids is 1. The molecule has 0 radical (unpaired) electrons. The monoisotopic (exact) mass is 635 g/mol. The molecule has 7 heteroatoms. The number of phenols is 1. The topological polar surface area (TPSA) is 72.6 Å². The number of hydrogen-bond donors (Lipinski definition) is 2. The zero-order valence-electron chi connectivity index (χ0n) is 11.3. The molecule has 0 saturated heterocycles. The highest BCUT2D eigenvalue weighted by molar-refractivity contribution is 14.1. The van der Waals surface area contributed by atoms with Gasteiger partial charge in [0, 0.05) is 6.42 Å². The number of hydrogen-bond acceptors (Lipinski definition) is 3. The van der Waals surface area contributed by atoms with Gasteiger partial charge in [-0.3, -0.25) is 4.79 Å². The van der Waals surface area contributed by atoms with E-state index in [4.69, 9.17) is 10.5 Å². The fourth-order valence-corrected chi connectivity index (χ4v) is 4.39. The predicted octanol–water partition coefficient (Wildman–Crippen LogP) is 4.42. The number of carbonyl (C=O) groups is 1. The molecule has 0 aliphatic rings. The van der Waals surface area contributed by atoms with Gasteiger partial charge in [0.05, 0.1) is 10.7 Å². The molecule has 0 aliphatic heterocycles. The Kier molecular flexibility index (Phi) is 6.56. The summed E-state index contributed by atoms with van der Waals surface area (Å²) in [6.45, 7) is 0. The van der Waals surface area contributed by atoms with Gasteiger partial charge in [-0.25, -0.2) is 0 Å². The van der Waals surface area contributed by atoms with Crippen LogP contribution in [0.1, 0.15) is 12.0 Å². The number of benzene rings is 2. The Morgan fingerprint density at radius 1 is 1.09 bits per heavy atom. The van der Waals surface area contributed by atoms with Crippen LogP contribution < -0.4 is 10.5 Å². The number of aromatic hydroxyl groups is 1. The van der Waals surface area contributed by atoms with Crippen molar-refractivity contribution in [1.29, 1.82) is 0 Å². The first-order chi connectivity index (χ1) is 10.4. The summed E-state index contributed by atoms with van der Waals surface area (Å²) >= 11 is 6.48. The maximum Gasteiger partial charge on any atom is 0.217 e. The predicted molar refractivity (Wildman–Crippen MR) is 110 cm³/mol. The summed E-state index contributed by atoms with van der Waals surface area (Å²) < 4.78 is 8.60. The molecule has 3 N–H and O–H groups in total. The molecule has 0 spiro atoms. The maximum atomic E-state index is 10.9. The molecule has 0 fully saturated rings. The first kappa shape index (κ1) is 18.0. The number of nitrogens with two attached hydrogens (primary N) is 1. The van der Waals surface area contributed by atoms with Crippen molar-refractivity contribution in [2.45, 2.75) is 12.8 Å². The molecule has 0 atom stereocenters. The highest BCUT2D eigenvalue weighted by atomic mass is 127. The molecule has 0 saturated carbocycles. The molecule has 0 aliphatic carbocycles. The van der Waals surface area contributed by atoms with Gasteiger partial charge in [-0.05, 0) is 110 Å². The smallest absolute Gasteiger partial charge is 0.217 e. The molecule has 0 unspecified atom stereocenters. The molecule has 22 heavy (non-hydrogen) atoms. The summed E-state index contributed by atoms with van der Waals surface area (Å²) in [6.07, 6.45) is 0.960. The summed E-state index contributed by atoms with van der Waals surface area (Å²) in [6, 6.07) is 9.10. The lowest BCUT2D eigenvalue weighted by molar-refractivity contribution is -0.117. The maximum absolute atomic E-state index is 10.9. The van der Waals surface area contributed by atoms with Crippen LogP contribution in [-0.2, 0) is 11.2 Å². The van der Waals surface area contributed by atoms with E-state index >= 15 is 0 Å². The van der Waals surface area contributed by atoms with Gasteiger partial charge >= 0.3 is 0 Å². The van der Waals surface area contributed by atoms with Crippen LogP contribution in [0.25, 0.3) is 0 Å². The van der Waals surface area contributed by atoms with E-state index in [9.17, 15) is 9.90 Å². The molecule has 2 aromatic rings. The number of phenolic OH excluding ortho intramolecular Hbond substituents is 1. The fourth-order valence-electron chi connectivity index (χ4n) is 1.79. The van der Waals surface area contributed by atoms with Crippen LogP contribution in [0.3, 0.4) is 0 Å². The van der Waals surface area contributed by atoms with Gasteiger partial charge in [-0.2, -0.15) is 0 Å². The van der Waals surface area contributed by atoms with Gasteiger partial charge in [0.15, 0.2) is 5.75 Å². The van der Waals surface area contributed by atoms with E-state index in [1.54, 1.807) is 18.2 Å². The van der Waals surface area contributed by atoms with Gasteiger partial charge < -0.3 is 15.6 Å². The Morgan fingerprint density at radius 3 is 2.27 bits per heavy atom. The number of amides is 1. The van der Waals surface area contributed by atoms with Crippen LogP contribution in [-0.4, -0.2) is 11.0 Å². The van der Waals surface area contributed by atoms with Gasteiger partial charge in [0.1, 0.15) is 11.5 Å². The van der Waals surface area contributed by atoms with Crippen molar-refractivity contribution in [3.05, 3.63) is 46.6 Å². The molecule has 2 aromatic carbocycles. The normalized spacial score (nSPS) is 10.5. The van der Waals surface area contributed by atoms with Gasteiger partial charge in [-0.1, -0.05) is 0 Å². The lowest BCUT2D eigenvalue weighted by Crippen LogP contribution is -2.11. The van der Waals surface area contributed by atoms with E-state index in [2.05, 4.69) is 67.8 Å². The summed E-state index contributed by atoms with van der Waals surface area (Å²) in [4.78, 5) is 10.9. The van der Waals surface area contributed by atoms with Crippen LogP contribution in [0.5, 0.6) is 17.2 Å². The second-order valence-electron chi connectivity index (χ2n) is 4.57. The molecule has 116 valence electrons. The Bertz CT molecular complexity index is 696. The summed E-state index contributed by atoms with van der Waals surface area (Å²) in [5.74, 6) is 1.37. The van der Waals surface area contributed by atoms with Crippen LogP contribution >= 0.6 is 67.8 Å². The zero-order chi connectivity index (χ0) is 16.3. The molecule has 1 amide bonds. The van der Waals surface area contributed by atoms with Crippen molar-refractivity contribution >= 4 is 73.7 Å². The van der Waals surface area contributed by atoms with E-state index < -0.39 is 0 Å². The van der Waals surface area contributed by atoms with Gasteiger partial charge in [-0.15, -0.1) is 0 Å². The zero-order valence-corrected chi connectivity index (χ0v) is 17.7. The fraction of sp³-hybridized carbons (Fsp3) is 0.133. The third-order valence-electron chi connectivity index (χ3n) is 2.86. The van der Waals surface area contributed by atoms with E-state index in [0.29, 0.717) is 18.6 Å². The van der Waals surface area contributed by atoms with Crippen molar-refractivity contribution in [3.8, 4) is 17.2 Å². The number of rotatable bonds is 5. The van der Waals surface area contributed by atoms with Crippen LogP contribution in [0, 0.1) is 10.7 Å². The Morgan fingerprint density at radius 2 is 1.73 bits per heavy atom. The standard InChI is InChI=1S/C15H12I3NO3/c16-10-7-9(2-3-13(10)20)22-15-11(17)5-8(6-12(15)18)1-4-14(19)21/h2-3,5-7,20H,1,4H2,(H2,19,21). The lowest BCUT2D eigenvalue weighted by Gasteiger charge is -2.12. The second-order valence-corrected chi connectivity index (χ2v) is 8.06. The van der Waals surface area contributed by atoms with E-state index in [-0.39, 0.29) is 11.7 Å². The molecular formula is C15H12I3NO3. The largest absolute Gasteiger partial charge is 0.507 e. The highest BCUT2D eigenvalue weighted by Gasteiger charge is 2.11. The number of halogens is 3. The second kappa shape index (κ2) is 7.99.